The second-order valence-corrected chi connectivity index (χ2v) is 7.83. The average molecular weight is 428 g/mol. The highest BCUT2D eigenvalue weighted by atomic mass is 32.2. The first-order valence-corrected chi connectivity index (χ1v) is 10.3. The first-order valence-electron chi connectivity index (χ1n) is 8.81. The maximum atomic E-state index is 12.5. The van der Waals surface area contributed by atoms with Crippen molar-refractivity contribution in [3.8, 4) is 11.6 Å². The van der Waals surface area contributed by atoms with Crippen molar-refractivity contribution in [1.29, 1.82) is 0 Å². The molecule has 3 aromatic rings. The number of carbonyl (C=O) groups is 1. The number of carbonyl (C=O) groups excluding carboxylic acids is 1. The summed E-state index contributed by atoms with van der Waals surface area (Å²) in [6.45, 7) is 0. The number of amides is 1. The van der Waals surface area contributed by atoms with Crippen molar-refractivity contribution in [2.24, 2.45) is 0 Å². The minimum absolute atomic E-state index is 0.0215. The number of hydrogen-bond donors (Lipinski definition) is 2. The van der Waals surface area contributed by atoms with Crippen LogP contribution in [0.2, 0.25) is 0 Å². The third-order valence-electron chi connectivity index (χ3n) is 4.06. The van der Waals surface area contributed by atoms with Crippen LogP contribution in [0.1, 0.15) is 5.56 Å². The van der Waals surface area contributed by atoms with Crippen molar-refractivity contribution < 1.29 is 22.7 Å². The zero-order chi connectivity index (χ0) is 21.6. The van der Waals surface area contributed by atoms with Gasteiger partial charge in [0.2, 0.25) is 11.8 Å². The van der Waals surface area contributed by atoms with Crippen molar-refractivity contribution in [3.63, 3.8) is 0 Å². The average Bonchev–Trinajstić information content (AvgIpc) is 2.74. The quantitative estimate of drug-likeness (QED) is 0.566. The van der Waals surface area contributed by atoms with Gasteiger partial charge in [0.05, 0.1) is 25.5 Å². The smallest absolute Gasteiger partial charge is 0.263 e. The van der Waals surface area contributed by atoms with Gasteiger partial charge in [0.1, 0.15) is 17.9 Å². The molecule has 0 aliphatic heterocycles. The van der Waals surface area contributed by atoms with E-state index in [9.17, 15) is 13.2 Å². The van der Waals surface area contributed by atoms with Crippen LogP contribution in [-0.2, 0) is 21.2 Å². The molecule has 156 valence electrons. The fourth-order valence-corrected chi connectivity index (χ4v) is 3.55. The molecule has 0 spiro atoms. The third kappa shape index (κ3) is 5.45. The van der Waals surface area contributed by atoms with Crippen molar-refractivity contribution in [1.82, 2.24) is 9.97 Å². The van der Waals surface area contributed by atoms with E-state index in [-0.39, 0.29) is 28.9 Å². The summed E-state index contributed by atoms with van der Waals surface area (Å²) in [5, 5.41) is 2.74. The van der Waals surface area contributed by atoms with Gasteiger partial charge in [-0.1, -0.05) is 12.1 Å². The number of aromatic nitrogens is 2. The molecule has 1 aromatic heterocycles. The van der Waals surface area contributed by atoms with Gasteiger partial charge in [0, 0.05) is 11.8 Å². The number of methoxy groups -OCH3 is 2. The Morgan fingerprint density at radius 2 is 1.67 bits per heavy atom. The van der Waals surface area contributed by atoms with E-state index in [2.05, 4.69) is 20.0 Å². The standard InChI is InChI=1S/C20H20N4O5S/c1-28-16-7-3-14(4-8-16)11-19(25)23-15-5-9-17(10-6-15)30(26,27)24-18-12-20(29-2)22-13-21-18/h3-10,12-13H,11H2,1-2H3,(H,23,25)(H,21,22,24). The van der Waals surface area contributed by atoms with Crippen LogP contribution in [0.3, 0.4) is 0 Å². The lowest BCUT2D eigenvalue weighted by Crippen LogP contribution is -2.16. The highest BCUT2D eigenvalue weighted by Gasteiger charge is 2.16. The summed E-state index contributed by atoms with van der Waals surface area (Å²) >= 11 is 0. The molecule has 9 nitrogen and oxygen atoms in total. The fourth-order valence-electron chi connectivity index (χ4n) is 2.55. The number of nitrogens with one attached hydrogen (secondary N) is 2. The van der Waals surface area contributed by atoms with E-state index in [1.54, 1.807) is 19.2 Å². The lowest BCUT2D eigenvalue weighted by atomic mass is 10.1. The summed E-state index contributed by atoms with van der Waals surface area (Å²) in [7, 11) is -0.865. The number of benzene rings is 2. The molecule has 0 fully saturated rings. The van der Waals surface area contributed by atoms with Crippen LogP contribution >= 0.6 is 0 Å². The molecule has 0 saturated heterocycles. The number of hydrogen-bond acceptors (Lipinski definition) is 7. The molecule has 3 rings (SSSR count). The van der Waals surface area contributed by atoms with Crippen LogP contribution < -0.4 is 19.5 Å². The van der Waals surface area contributed by atoms with Gasteiger partial charge < -0.3 is 14.8 Å². The lowest BCUT2D eigenvalue weighted by molar-refractivity contribution is -0.115. The van der Waals surface area contributed by atoms with Gasteiger partial charge >= 0.3 is 0 Å². The molecule has 2 N–H and O–H groups in total. The zero-order valence-corrected chi connectivity index (χ0v) is 17.1. The molecule has 0 atom stereocenters. The summed E-state index contributed by atoms with van der Waals surface area (Å²) < 4.78 is 37.4. The number of rotatable bonds is 8. The number of sulfonamides is 1. The predicted molar refractivity (Wildman–Crippen MR) is 111 cm³/mol. The van der Waals surface area contributed by atoms with Gasteiger partial charge in [-0.05, 0) is 42.0 Å². The topological polar surface area (TPSA) is 120 Å². The molecule has 0 aliphatic carbocycles. The SMILES string of the molecule is COc1ccc(CC(=O)Nc2ccc(S(=O)(=O)Nc3cc(OC)ncn3)cc2)cc1. The van der Waals surface area contributed by atoms with E-state index in [0.29, 0.717) is 11.4 Å². The monoisotopic (exact) mass is 428 g/mol. The summed E-state index contributed by atoms with van der Waals surface area (Å²) in [5.41, 5.74) is 1.31. The summed E-state index contributed by atoms with van der Waals surface area (Å²) in [4.78, 5) is 19.9. The minimum atomic E-state index is -3.86. The van der Waals surface area contributed by atoms with Crippen molar-refractivity contribution in [2.45, 2.75) is 11.3 Å². The first kappa shape index (κ1) is 21.1. The fraction of sp³-hybridized carbons (Fsp3) is 0.150. The Labute approximate surface area is 174 Å². The Bertz CT molecular complexity index is 1120. The molecule has 2 aromatic carbocycles. The van der Waals surface area contributed by atoms with Crippen LogP contribution in [0.25, 0.3) is 0 Å². The lowest BCUT2D eigenvalue weighted by Gasteiger charge is -2.09. The Morgan fingerprint density at radius 1 is 0.967 bits per heavy atom. The van der Waals surface area contributed by atoms with E-state index >= 15 is 0 Å². The molecule has 0 bridgehead atoms. The van der Waals surface area contributed by atoms with Gasteiger partial charge in [-0.25, -0.2) is 18.4 Å². The summed E-state index contributed by atoms with van der Waals surface area (Å²) in [6, 6.07) is 14.4. The largest absolute Gasteiger partial charge is 0.497 e. The van der Waals surface area contributed by atoms with E-state index in [1.807, 2.05) is 12.1 Å². The maximum absolute atomic E-state index is 12.5. The molecule has 10 heteroatoms. The summed E-state index contributed by atoms with van der Waals surface area (Å²) in [5.74, 6) is 0.809. The number of nitrogens with zero attached hydrogens (tertiary/aromatic N) is 2. The van der Waals surface area contributed by atoms with Gasteiger partial charge in [-0.15, -0.1) is 0 Å². The Kier molecular flexibility index (Phi) is 6.48. The van der Waals surface area contributed by atoms with E-state index in [4.69, 9.17) is 9.47 Å². The molecular weight excluding hydrogens is 408 g/mol. The van der Waals surface area contributed by atoms with Crippen molar-refractivity contribution in [3.05, 3.63) is 66.5 Å². The van der Waals surface area contributed by atoms with Crippen molar-refractivity contribution in [2.75, 3.05) is 24.3 Å². The highest BCUT2D eigenvalue weighted by molar-refractivity contribution is 7.92. The highest BCUT2D eigenvalue weighted by Crippen LogP contribution is 2.19. The van der Waals surface area contributed by atoms with Crippen LogP contribution in [0.4, 0.5) is 11.5 Å². The van der Waals surface area contributed by atoms with Gasteiger partial charge in [-0.3, -0.25) is 9.52 Å². The van der Waals surface area contributed by atoms with Crippen LogP contribution in [0, 0.1) is 0 Å². The first-order chi connectivity index (χ1) is 14.4. The van der Waals surface area contributed by atoms with Crippen molar-refractivity contribution >= 4 is 27.4 Å². The van der Waals surface area contributed by atoms with E-state index in [0.717, 1.165) is 5.56 Å². The summed E-state index contributed by atoms with van der Waals surface area (Å²) in [6.07, 6.45) is 1.37. The molecule has 30 heavy (non-hydrogen) atoms. The number of ether oxygens (including phenoxy) is 2. The second kappa shape index (κ2) is 9.23. The third-order valence-corrected chi connectivity index (χ3v) is 5.43. The van der Waals surface area contributed by atoms with Gasteiger partial charge in [0.25, 0.3) is 10.0 Å². The zero-order valence-electron chi connectivity index (χ0n) is 16.3. The molecule has 0 aliphatic rings. The number of anilines is 2. The van der Waals surface area contributed by atoms with Crippen LogP contribution in [0.5, 0.6) is 11.6 Å². The second-order valence-electron chi connectivity index (χ2n) is 6.15. The van der Waals surface area contributed by atoms with Gasteiger partial charge in [-0.2, -0.15) is 0 Å². The Balaban J connectivity index is 1.63. The molecule has 0 radical (unpaired) electrons. The van der Waals surface area contributed by atoms with Crippen LogP contribution in [-0.4, -0.2) is 38.5 Å². The minimum Gasteiger partial charge on any atom is -0.497 e. The molecule has 0 unspecified atom stereocenters. The van der Waals surface area contributed by atoms with Gasteiger partial charge in [0.15, 0.2) is 0 Å². The van der Waals surface area contributed by atoms with E-state index in [1.165, 1.54) is 43.8 Å². The molecule has 0 saturated carbocycles. The van der Waals surface area contributed by atoms with E-state index < -0.39 is 10.0 Å². The predicted octanol–water partition coefficient (Wildman–Crippen LogP) is 2.48. The Hall–Kier alpha value is -3.66. The molecule has 1 heterocycles. The Morgan fingerprint density at radius 3 is 2.30 bits per heavy atom. The normalized spacial score (nSPS) is 10.9. The molecular formula is C20H20N4O5S. The maximum Gasteiger partial charge on any atom is 0.263 e. The van der Waals surface area contributed by atoms with Crippen LogP contribution in [0.15, 0.2) is 65.8 Å². The molecule has 1 amide bonds.